The molecule has 52 heavy (non-hydrogen) atoms. The number of benzene rings is 5. The van der Waals surface area contributed by atoms with Crippen LogP contribution in [-0.4, -0.2) is 4.98 Å². The summed E-state index contributed by atoms with van der Waals surface area (Å²) in [4.78, 5) is 5.48. The second kappa shape index (κ2) is 14.3. The molecular formula is C51H45N. The number of pyridine rings is 1. The van der Waals surface area contributed by atoms with Crippen LogP contribution in [0.4, 0.5) is 0 Å². The Kier molecular flexibility index (Phi) is 9.45. The van der Waals surface area contributed by atoms with Gasteiger partial charge in [-0.15, -0.1) is 0 Å². The molecule has 5 aromatic carbocycles. The highest BCUT2D eigenvalue weighted by atomic mass is 14.7. The molecule has 0 N–H and O–H groups in total. The maximum atomic E-state index is 5.48. The molecule has 6 aromatic rings. The van der Waals surface area contributed by atoms with Gasteiger partial charge in [-0.25, -0.2) is 4.98 Å². The Morgan fingerprint density at radius 2 is 1.21 bits per heavy atom. The molecule has 0 atom stereocenters. The van der Waals surface area contributed by atoms with Gasteiger partial charge in [0.15, 0.2) is 0 Å². The highest BCUT2D eigenvalue weighted by molar-refractivity contribution is 6.12. The first-order chi connectivity index (χ1) is 25.3. The quantitative estimate of drug-likeness (QED) is 0.149. The van der Waals surface area contributed by atoms with E-state index in [1.807, 2.05) is 24.3 Å². The number of fused-ring (bicyclic) bond motifs is 1. The molecule has 0 fully saturated rings. The molecule has 1 aromatic heterocycles. The van der Waals surface area contributed by atoms with E-state index in [2.05, 4.69) is 157 Å². The van der Waals surface area contributed by atoms with Crippen molar-refractivity contribution in [3.8, 4) is 44.6 Å². The van der Waals surface area contributed by atoms with E-state index < -0.39 is 0 Å². The van der Waals surface area contributed by atoms with Crippen LogP contribution in [0.3, 0.4) is 0 Å². The summed E-state index contributed by atoms with van der Waals surface area (Å²) >= 11 is 0. The fourth-order valence-electron chi connectivity index (χ4n) is 8.03. The molecule has 0 spiro atoms. The zero-order valence-corrected chi connectivity index (χ0v) is 30.8. The molecule has 0 saturated carbocycles. The molecule has 0 bridgehead atoms. The second-order valence-electron chi connectivity index (χ2n) is 13.7. The summed E-state index contributed by atoms with van der Waals surface area (Å²) in [6.45, 7) is 25.8. The number of hydrogen-bond acceptors (Lipinski definition) is 1. The van der Waals surface area contributed by atoms with Crippen molar-refractivity contribution in [1.82, 2.24) is 4.98 Å². The Morgan fingerprint density at radius 3 is 1.87 bits per heavy atom. The van der Waals surface area contributed by atoms with E-state index in [4.69, 9.17) is 4.98 Å². The molecular weight excluding hydrogens is 627 g/mol. The van der Waals surface area contributed by atoms with Crippen LogP contribution in [0.2, 0.25) is 0 Å². The normalized spacial score (nSPS) is 12.4. The Bertz CT molecular complexity index is 2510. The summed E-state index contributed by atoms with van der Waals surface area (Å²) in [6, 6.07) is 30.5. The molecule has 1 aliphatic rings. The van der Waals surface area contributed by atoms with Gasteiger partial charge in [-0.05, 0) is 129 Å². The first-order valence-electron chi connectivity index (χ1n) is 18.1. The monoisotopic (exact) mass is 671 g/mol. The van der Waals surface area contributed by atoms with E-state index in [1.165, 1.54) is 49.9 Å². The standard InChI is InChI=1S/C51H45N/c1-9-36-24-20-28-44(39(36)10-2)49-41(12-4)40(11-3)48(45-26-18-19-27-46(45)49)38-29-30-42(33(6)31-38)47-34(7)35(8)50(43-25-17-16-21-32(43)5)52-51(47)37-22-14-13-15-23-37/h9-12,14,16-31H,1-4,13,15H2,5-8H3. The molecule has 0 aliphatic heterocycles. The van der Waals surface area contributed by atoms with Gasteiger partial charge in [-0.3, -0.25) is 0 Å². The molecule has 254 valence electrons. The smallest absolute Gasteiger partial charge is 0.0787 e. The van der Waals surface area contributed by atoms with Crippen molar-refractivity contribution in [3.63, 3.8) is 0 Å². The van der Waals surface area contributed by atoms with Crippen LogP contribution >= 0.6 is 0 Å². The van der Waals surface area contributed by atoms with Crippen molar-refractivity contribution < 1.29 is 0 Å². The predicted molar refractivity (Wildman–Crippen MR) is 229 cm³/mol. The van der Waals surface area contributed by atoms with E-state index in [1.54, 1.807) is 0 Å². The molecule has 0 radical (unpaired) electrons. The average molecular weight is 672 g/mol. The van der Waals surface area contributed by atoms with Crippen molar-refractivity contribution in [1.29, 1.82) is 0 Å². The van der Waals surface area contributed by atoms with Crippen LogP contribution in [0.25, 0.3) is 85.3 Å². The lowest BCUT2D eigenvalue weighted by Crippen LogP contribution is -2.05. The summed E-state index contributed by atoms with van der Waals surface area (Å²) in [6.07, 6.45) is 16.7. The zero-order valence-electron chi connectivity index (χ0n) is 30.8. The number of hydrogen-bond donors (Lipinski definition) is 0. The van der Waals surface area contributed by atoms with Crippen LogP contribution in [0.1, 0.15) is 63.0 Å². The van der Waals surface area contributed by atoms with Gasteiger partial charge in [0.2, 0.25) is 0 Å². The van der Waals surface area contributed by atoms with Crippen molar-refractivity contribution in [3.05, 3.63) is 180 Å². The maximum absolute atomic E-state index is 5.48. The Hall–Kier alpha value is -6.05. The highest BCUT2D eigenvalue weighted by Crippen LogP contribution is 2.46. The average Bonchev–Trinajstić information content (AvgIpc) is 3.18. The third kappa shape index (κ3) is 5.73. The summed E-state index contributed by atoms with van der Waals surface area (Å²) in [5.74, 6) is 0. The number of aryl methyl sites for hydroxylation is 2. The van der Waals surface area contributed by atoms with Gasteiger partial charge < -0.3 is 0 Å². The minimum absolute atomic E-state index is 1.02. The first-order valence-corrected chi connectivity index (χ1v) is 18.1. The molecule has 7 rings (SSSR count). The fourth-order valence-corrected chi connectivity index (χ4v) is 8.03. The summed E-state index contributed by atoms with van der Waals surface area (Å²) < 4.78 is 0. The van der Waals surface area contributed by atoms with Crippen molar-refractivity contribution in [2.75, 3.05) is 0 Å². The van der Waals surface area contributed by atoms with Crippen molar-refractivity contribution in [2.45, 2.75) is 40.5 Å². The van der Waals surface area contributed by atoms with Gasteiger partial charge in [0.1, 0.15) is 0 Å². The Morgan fingerprint density at radius 1 is 0.538 bits per heavy atom. The number of nitrogens with zero attached hydrogens (tertiary/aromatic N) is 1. The summed E-state index contributed by atoms with van der Waals surface area (Å²) in [7, 11) is 0. The van der Waals surface area contributed by atoms with Gasteiger partial charge >= 0.3 is 0 Å². The highest BCUT2D eigenvalue weighted by Gasteiger charge is 2.24. The minimum atomic E-state index is 1.02. The lowest BCUT2D eigenvalue weighted by Gasteiger charge is -2.23. The van der Waals surface area contributed by atoms with Crippen LogP contribution < -0.4 is 0 Å². The third-order valence-corrected chi connectivity index (χ3v) is 10.7. The zero-order chi connectivity index (χ0) is 36.5. The van der Waals surface area contributed by atoms with Crippen LogP contribution in [-0.2, 0) is 0 Å². The molecule has 0 saturated heterocycles. The molecule has 0 amide bonds. The van der Waals surface area contributed by atoms with Gasteiger partial charge in [0.25, 0.3) is 0 Å². The SMILES string of the molecule is C=Cc1cccc(-c2c(C=C)c(C=C)c(-c3ccc(-c4c(C5=CCCC=C5)nc(-c5ccccc5C)c(C)c4C)c(C)c3)c3ccccc23)c1C=C. The topological polar surface area (TPSA) is 12.9 Å². The molecule has 1 heteroatoms. The van der Waals surface area contributed by atoms with Crippen LogP contribution in [0.5, 0.6) is 0 Å². The fraction of sp³-hybridized carbons (Fsp3) is 0.118. The number of allylic oxidation sites excluding steroid dienone is 4. The second-order valence-corrected chi connectivity index (χ2v) is 13.7. The molecule has 0 unspecified atom stereocenters. The van der Waals surface area contributed by atoms with Gasteiger partial charge in [-0.1, -0.05) is 154 Å². The lowest BCUT2D eigenvalue weighted by molar-refractivity contribution is 1.04. The van der Waals surface area contributed by atoms with Crippen molar-refractivity contribution in [2.24, 2.45) is 0 Å². The molecule has 1 heterocycles. The largest absolute Gasteiger partial charge is 0.247 e. The predicted octanol–water partition coefficient (Wildman–Crippen LogP) is 14.4. The van der Waals surface area contributed by atoms with Crippen LogP contribution in [0.15, 0.2) is 129 Å². The first kappa shape index (κ1) is 34.4. The lowest BCUT2D eigenvalue weighted by atomic mass is 9.81. The summed E-state index contributed by atoms with van der Waals surface area (Å²) in [5.41, 5.74) is 20.5. The van der Waals surface area contributed by atoms with E-state index in [-0.39, 0.29) is 0 Å². The maximum Gasteiger partial charge on any atom is 0.0787 e. The van der Waals surface area contributed by atoms with Gasteiger partial charge in [-0.2, -0.15) is 0 Å². The summed E-state index contributed by atoms with van der Waals surface area (Å²) in [5, 5.41) is 2.32. The van der Waals surface area contributed by atoms with E-state index >= 15 is 0 Å². The van der Waals surface area contributed by atoms with E-state index in [0.29, 0.717) is 0 Å². The number of rotatable bonds is 9. The third-order valence-electron chi connectivity index (χ3n) is 10.7. The Labute approximate surface area is 309 Å². The molecule has 1 aliphatic carbocycles. The van der Waals surface area contributed by atoms with Crippen LogP contribution in [0, 0.1) is 27.7 Å². The Balaban J connectivity index is 1.48. The van der Waals surface area contributed by atoms with Crippen molar-refractivity contribution >= 4 is 40.6 Å². The van der Waals surface area contributed by atoms with E-state index in [0.717, 1.165) is 74.1 Å². The minimum Gasteiger partial charge on any atom is -0.247 e. The molecule has 1 nitrogen and oxygen atoms in total. The van der Waals surface area contributed by atoms with Gasteiger partial charge in [0, 0.05) is 11.1 Å². The van der Waals surface area contributed by atoms with E-state index in [9.17, 15) is 0 Å². The number of aromatic nitrogens is 1. The van der Waals surface area contributed by atoms with Gasteiger partial charge in [0.05, 0.1) is 11.4 Å².